The maximum absolute atomic E-state index is 11.3. The topological polar surface area (TPSA) is 50.4 Å². The summed E-state index contributed by atoms with van der Waals surface area (Å²) in [6.07, 6.45) is 1.09. The van der Waals surface area contributed by atoms with Gasteiger partial charge in [-0.1, -0.05) is 13.0 Å². The van der Waals surface area contributed by atoms with Gasteiger partial charge in [0.1, 0.15) is 5.75 Å². The predicted octanol–water partition coefficient (Wildman–Crippen LogP) is 2.47. The molecule has 2 N–H and O–H groups in total. The molecule has 1 heterocycles. The molecule has 1 aliphatic heterocycles. The van der Waals surface area contributed by atoms with E-state index in [0.29, 0.717) is 6.04 Å². The maximum Gasteiger partial charge on any atom is 0.262 e. The van der Waals surface area contributed by atoms with Crippen molar-refractivity contribution in [2.75, 3.05) is 11.9 Å². The van der Waals surface area contributed by atoms with Crippen LogP contribution in [0.5, 0.6) is 5.75 Å². The van der Waals surface area contributed by atoms with Gasteiger partial charge in [-0.25, -0.2) is 0 Å². The molecule has 1 aromatic rings. The van der Waals surface area contributed by atoms with Crippen LogP contribution in [-0.4, -0.2) is 18.6 Å². The highest BCUT2D eigenvalue weighted by molar-refractivity contribution is 5.95. The fourth-order valence-electron chi connectivity index (χ4n) is 2.01. The van der Waals surface area contributed by atoms with Crippen molar-refractivity contribution in [3.05, 3.63) is 23.8 Å². The Balaban J connectivity index is 2.15. The van der Waals surface area contributed by atoms with E-state index in [4.69, 9.17) is 4.74 Å². The third-order valence-corrected chi connectivity index (χ3v) is 3.28. The van der Waals surface area contributed by atoms with Gasteiger partial charge in [0.15, 0.2) is 6.61 Å². The van der Waals surface area contributed by atoms with Gasteiger partial charge in [-0.05, 0) is 38.0 Å². The second-order valence-corrected chi connectivity index (χ2v) is 4.79. The smallest absolute Gasteiger partial charge is 0.262 e. The van der Waals surface area contributed by atoms with E-state index in [2.05, 4.69) is 31.4 Å². The Hall–Kier alpha value is -1.55. The van der Waals surface area contributed by atoms with Gasteiger partial charge in [0.2, 0.25) is 0 Å². The van der Waals surface area contributed by atoms with Crippen molar-refractivity contribution in [2.45, 2.75) is 39.3 Å². The van der Waals surface area contributed by atoms with Gasteiger partial charge in [0.05, 0.1) is 5.69 Å². The molecule has 0 bridgehead atoms. The summed E-state index contributed by atoms with van der Waals surface area (Å²) in [6, 6.07) is 6.66. The zero-order valence-electron chi connectivity index (χ0n) is 11.1. The van der Waals surface area contributed by atoms with Crippen LogP contribution in [-0.2, 0) is 4.79 Å². The Morgan fingerprint density at radius 2 is 2.22 bits per heavy atom. The fourth-order valence-corrected chi connectivity index (χ4v) is 2.01. The predicted molar refractivity (Wildman–Crippen MR) is 71.9 cm³/mol. The third-order valence-electron chi connectivity index (χ3n) is 3.28. The first kappa shape index (κ1) is 12.9. The number of ether oxygens (including phenoxy) is 1. The van der Waals surface area contributed by atoms with Gasteiger partial charge in [0.25, 0.3) is 5.91 Å². The van der Waals surface area contributed by atoms with Crippen LogP contribution in [0.4, 0.5) is 5.69 Å². The van der Waals surface area contributed by atoms with Gasteiger partial charge >= 0.3 is 0 Å². The molecule has 1 amide bonds. The van der Waals surface area contributed by atoms with Crippen molar-refractivity contribution < 1.29 is 9.53 Å². The number of amides is 1. The van der Waals surface area contributed by atoms with E-state index in [0.717, 1.165) is 23.4 Å². The minimum atomic E-state index is -0.0952. The highest BCUT2D eigenvalue weighted by atomic mass is 16.5. The van der Waals surface area contributed by atoms with Gasteiger partial charge in [0, 0.05) is 12.1 Å². The largest absolute Gasteiger partial charge is 0.482 e. The molecule has 0 aromatic heterocycles. The van der Waals surface area contributed by atoms with Crippen LogP contribution in [0.2, 0.25) is 0 Å². The Labute approximate surface area is 108 Å². The van der Waals surface area contributed by atoms with E-state index in [9.17, 15) is 4.79 Å². The number of carbonyl (C=O) groups is 1. The number of carbonyl (C=O) groups excluding carboxylic acids is 1. The third kappa shape index (κ3) is 2.82. The zero-order chi connectivity index (χ0) is 13.1. The Kier molecular flexibility index (Phi) is 3.87. The van der Waals surface area contributed by atoms with Crippen LogP contribution in [0.15, 0.2) is 18.2 Å². The van der Waals surface area contributed by atoms with Crippen molar-refractivity contribution in [3.8, 4) is 5.75 Å². The summed E-state index contributed by atoms with van der Waals surface area (Å²) in [5.74, 6) is 0.649. The van der Waals surface area contributed by atoms with Gasteiger partial charge in [-0.15, -0.1) is 0 Å². The van der Waals surface area contributed by atoms with Crippen LogP contribution in [0.3, 0.4) is 0 Å². The molecule has 1 aliphatic rings. The molecule has 2 rings (SSSR count). The van der Waals surface area contributed by atoms with Crippen molar-refractivity contribution >= 4 is 11.6 Å². The number of fused-ring (bicyclic) bond motifs is 1. The Morgan fingerprint density at radius 1 is 1.44 bits per heavy atom. The lowest BCUT2D eigenvalue weighted by atomic mass is 10.1. The highest BCUT2D eigenvalue weighted by Gasteiger charge is 2.17. The standard InChI is InChI=1S/C14H20N2O2/c1-4-9(2)15-10(3)11-5-6-13-12(7-11)16-14(17)8-18-13/h5-7,9-10,15H,4,8H2,1-3H3,(H,16,17). The molecule has 2 atom stereocenters. The number of hydrogen-bond acceptors (Lipinski definition) is 3. The Bertz CT molecular complexity index is 445. The maximum atomic E-state index is 11.3. The summed E-state index contributed by atoms with van der Waals surface area (Å²) in [4.78, 5) is 11.3. The van der Waals surface area contributed by atoms with E-state index in [1.165, 1.54) is 0 Å². The number of hydrogen-bond donors (Lipinski definition) is 2. The molecule has 0 spiro atoms. The average molecular weight is 248 g/mol. The summed E-state index contributed by atoms with van der Waals surface area (Å²) in [6.45, 7) is 6.55. The second kappa shape index (κ2) is 5.40. The molecule has 2 unspecified atom stereocenters. The van der Waals surface area contributed by atoms with Crippen molar-refractivity contribution in [3.63, 3.8) is 0 Å². The molecular weight excluding hydrogens is 228 g/mol. The minimum Gasteiger partial charge on any atom is -0.482 e. The number of anilines is 1. The summed E-state index contributed by atoms with van der Waals surface area (Å²) in [5.41, 5.74) is 1.92. The Morgan fingerprint density at radius 3 is 2.94 bits per heavy atom. The first-order chi connectivity index (χ1) is 8.60. The molecule has 18 heavy (non-hydrogen) atoms. The molecule has 0 fully saturated rings. The van der Waals surface area contributed by atoms with Crippen LogP contribution in [0.1, 0.15) is 38.8 Å². The lowest BCUT2D eigenvalue weighted by Crippen LogP contribution is -2.29. The molecule has 1 aromatic carbocycles. The van der Waals surface area contributed by atoms with Crippen molar-refractivity contribution in [2.24, 2.45) is 0 Å². The summed E-state index contributed by atoms with van der Waals surface area (Å²) < 4.78 is 5.34. The van der Waals surface area contributed by atoms with Crippen LogP contribution >= 0.6 is 0 Å². The van der Waals surface area contributed by atoms with Crippen LogP contribution < -0.4 is 15.4 Å². The second-order valence-electron chi connectivity index (χ2n) is 4.79. The van der Waals surface area contributed by atoms with Gasteiger partial charge < -0.3 is 15.4 Å². The van der Waals surface area contributed by atoms with Crippen LogP contribution in [0, 0.1) is 0 Å². The van der Waals surface area contributed by atoms with E-state index >= 15 is 0 Å². The van der Waals surface area contributed by atoms with E-state index in [1.807, 2.05) is 18.2 Å². The number of benzene rings is 1. The lowest BCUT2D eigenvalue weighted by Gasteiger charge is -2.22. The van der Waals surface area contributed by atoms with Crippen LogP contribution in [0.25, 0.3) is 0 Å². The minimum absolute atomic E-state index is 0.0952. The first-order valence-electron chi connectivity index (χ1n) is 6.42. The molecule has 98 valence electrons. The average Bonchev–Trinajstić information content (AvgIpc) is 2.37. The van der Waals surface area contributed by atoms with E-state index in [-0.39, 0.29) is 18.6 Å². The summed E-state index contributed by atoms with van der Waals surface area (Å²) in [7, 11) is 0. The SMILES string of the molecule is CCC(C)NC(C)c1ccc2c(c1)NC(=O)CO2. The molecule has 4 nitrogen and oxygen atoms in total. The van der Waals surface area contributed by atoms with Crippen molar-refractivity contribution in [1.29, 1.82) is 0 Å². The van der Waals surface area contributed by atoms with Crippen molar-refractivity contribution in [1.82, 2.24) is 5.32 Å². The highest BCUT2D eigenvalue weighted by Crippen LogP contribution is 2.30. The first-order valence-corrected chi connectivity index (χ1v) is 6.42. The molecule has 4 heteroatoms. The zero-order valence-corrected chi connectivity index (χ0v) is 11.1. The lowest BCUT2D eigenvalue weighted by molar-refractivity contribution is -0.118. The van der Waals surface area contributed by atoms with Gasteiger partial charge in [-0.3, -0.25) is 4.79 Å². The monoisotopic (exact) mass is 248 g/mol. The number of nitrogens with one attached hydrogen (secondary N) is 2. The normalized spacial score (nSPS) is 17.4. The van der Waals surface area contributed by atoms with E-state index in [1.54, 1.807) is 0 Å². The molecule has 0 radical (unpaired) electrons. The molecule has 0 aliphatic carbocycles. The summed E-state index contributed by atoms with van der Waals surface area (Å²) >= 11 is 0. The quantitative estimate of drug-likeness (QED) is 0.860. The van der Waals surface area contributed by atoms with Gasteiger partial charge in [-0.2, -0.15) is 0 Å². The summed E-state index contributed by atoms with van der Waals surface area (Å²) in [5, 5.41) is 6.34. The molecular formula is C14H20N2O2. The number of rotatable bonds is 4. The molecule has 0 saturated carbocycles. The molecule has 0 saturated heterocycles. The van der Waals surface area contributed by atoms with E-state index < -0.39 is 0 Å². The fraction of sp³-hybridized carbons (Fsp3) is 0.500.